The smallest absolute Gasteiger partial charge is 0.323 e. The van der Waals surface area contributed by atoms with Crippen LogP contribution in [0.5, 0.6) is 5.75 Å². The van der Waals surface area contributed by atoms with Crippen molar-refractivity contribution < 1.29 is 19.6 Å². The highest BCUT2D eigenvalue weighted by Crippen LogP contribution is 2.33. The molecule has 0 bridgehead atoms. The third kappa shape index (κ3) is 3.13. The average molecular weight is 294 g/mol. The summed E-state index contributed by atoms with van der Waals surface area (Å²) in [7, 11) is 0. The molecule has 3 N–H and O–H groups in total. The van der Waals surface area contributed by atoms with E-state index in [1.54, 1.807) is 19.1 Å². The fourth-order valence-corrected chi connectivity index (χ4v) is 2.66. The van der Waals surface area contributed by atoms with Crippen LogP contribution in [0.15, 0.2) is 18.2 Å². The molecule has 2 rings (SSSR count). The minimum Gasteiger partial charge on any atom is -0.490 e. The van der Waals surface area contributed by atoms with E-state index in [-0.39, 0.29) is 18.2 Å². The van der Waals surface area contributed by atoms with Crippen LogP contribution in [0.2, 0.25) is 0 Å². The zero-order chi connectivity index (χ0) is 15.6. The first-order valence-corrected chi connectivity index (χ1v) is 6.76. The monoisotopic (exact) mass is 294 g/mol. The number of benzene rings is 1. The number of nitro groups is 1. The molecule has 1 fully saturated rings. The van der Waals surface area contributed by atoms with E-state index in [2.05, 4.69) is 0 Å². The van der Waals surface area contributed by atoms with Crippen molar-refractivity contribution in [1.29, 1.82) is 0 Å². The predicted molar refractivity (Wildman–Crippen MR) is 75.3 cm³/mol. The molecule has 0 aliphatic heterocycles. The lowest BCUT2D eigenvalue weighted by atomic mass is 9.81. The largest absolute Gasteiger partial charge is 0.490 e. The molecule has 1 aliphatic rings. The maximum absolute atomic E-state index is 11.2. The molecule has 1 aliphatic carbocycles. The summed E-state index contributed by atoms with van der Waals surface area (Å²) in [6.45, 7) is 1.61. The van der Waals surface area contributed by atoms with Gasteiger partial charge in [-0.1, -0.05) is 6.07 Å². The maximum Gasteiger partial charge on any atom is 0.323 e. The van der Waals surface area contributed by atoms with Gasteiger partial charge < -0.3 is 15.6 Å². The highest BCUT2D eigenvalue weighted by atomic mass is 16.6. The molecule has 0 radical (unpaired) electrons. The summed E-state index contributed by atoms with van der Waals surface area (Å²) in [5, 5.41) is 20.1. The Morgan fingerprint density at radius 1 is 1.57 bits per heavy atom. The van der Waals surface area contributed by atoms with Gasteiger partial charge in [0.2, 0.25) is 0 Å². The minimum atomic E-state index is -1.28. The van der Waals surface area contributed by atoms with E-state index in [1.165, 1.54) is 6.07 Å². The molecule has 2 atom stereocenters. The fraction of sp³-hybridized carbons (Fsp3) is 0.500. The van der Waals surface area contributed by atoms with Crippen molar-refractivity contribution in [2.45, 2.75) is 44.2 Å². The Balaban J connectivity index is 2.17. The van der Waals surface area contributed by atoms with Gasteiger partial charge in [-0.15, -0.1) is 0 Å². The SMILES string of the molecule is Cc1c(OC2CCCC(N)(C(=O)O)C2)cccc1[N+](=O)[O-]. The van der Waals surface area contributed by atoms with Crippen LogP contribution in [0.25, 0.3) is 0 Å². The number of ether oxygens (including phenoxy) is 1. The number of carboxylic acid groups (broad SMARTS) is 1. The first-order valence-electron chi connectivity index (χ1n) is 6.76. The third-order valence-electron chi connectivity index (χ3n) is 3.91. The normalized spacial score (nSPS) is 25.3. The summed E-state index contributed by atoms with van der Waals surface area (Å²) in [4.78, 5) is 21.7. The molecule has 21 heavy (non-hydrogen) atoms. The molecule has 1 saturated carbocycles. The van der Waals surface area contributed by atoms with Gasteiger partial charge in [-0.3, -0.25) is 14.9 Å². The number of rotatable bonds is 4. The Kier molecular flexibility index (Phi) is 4.13. The van der Waals surface area contributed by atoms with Gasteiger partial charge in [0.05, 0.1) is 10.5 Å². The summed E-state index contributed by atoms with van der Waals surface area (Å²) in [5.74, 6) is -0.629. The van der Waals surface area contributed by atoms with Crippen molar-refractivity contribution in [1.82, 2.24) is 0 Å². The van der Waals surface area contributed by atoms with Crippen LogP contribution in [-0.2, 0) is 4.79 Å². The quantitative estimate of drug-likeness (QED) is 0.648. The highest BCUT2D eigenvalue weighted by molar-refractivity contribution is 5.78. The van der Waals surface area contributed by atoms with Crippen LogP contribution < -0.4 is 10.5 Å². The summed E-state index contributed by atoms with van der Waals surface area (Å²) in [6.07, 6.45) is 1.61. The van der Waals surface area contributed by atoms with Crippen molar-refractivity contribution in [3.05, 3.63) is 33.9 Å². The average Bonchev–Trinajstić information content (AvgIpc) is 2.41. The lowest BCUT2D eigenvalue weighted by molar-refractivity contribution is -0.385. The fourth-order valence-electron chi connectivity index (χ4n) is 2.66. The molecule has 7 heteroatoms. The van der Waals surface area contributed by atoms with Crippen LogP contribution in [0.4, 0.5) is 5.69 Å². The number of nitrogens with two attached hydrogens (primary N) is 1. The first kappa shape index (κ1) is 15.2. The summed E-state index contributed by atoms with van der Waals surface area (Å²) < 4.78 is 5.77. The van der Waals surface area contributed by atoms with Gasteiger partial charge in [0.25, 0.3) is 5.69 Å². The number of nitrogens with zero attached hydrogens (tertiary/aromatic N) is 1. The summed E-state index contributed by atoms with van der Waals surface area (Å²) >= 11 is 0. The molecule has 7 nitrogen and oxygen atoms in total. The van der Waals surface area contributed by atoms with Crippen molar-refractivity contribution >= 4 is 11.7 Å². The molecule has 0 saturated heterocycles. The second-order valence-electron chi connectivity index (χ2n) is 5.45. The van der Waals surface area contributed by atoms with Crippen molar-refractivity contribution in [3.63, 3.8) is 0 Å². The summed E-state index contributed by atoms with van der Waals surface area (Å²) in [6, 6.07) is 4.61. The number of hydrogen-bond donors (Lipinski definition) is 2. The van der Waals surface area contributed by atoms with Gasteiger partial charge in [-0.2, -0.15) is 0 Å². The second-order valence-corrected chi connectivity index (χ2v) is 5.45. The molecule has 0 heterocycles. The summed E-state index contributed by atoms with van der Waals surface area (Å²) in [5.41, 5.74) is 5.02. The topological polar surface area (TPSA) is 116 Å². The Morgan fingerprint density at radius 2 is 2.29 bits per heavy atom. The van der Waals surface area contributed by atoms with Gasteiger partial charge in [0.15, 0.2) is 0 Å². The zero-order valence-electron chi connectivity index (χ0n) is 11.7. The predicted octanol–water partition coefficient (Wildman–Crippen LogP) is 2.01. The van der Waals surface area contributed by atoms with Crippen LogP contribution in [0, 0.1) is 17.0 Å². The van der Waals surface area contributed by atoms with Gasteiger partial charge >= 0.3 is 5.97 Å². The molecule has 0 aromatic heterocycles. The first-order chi connectivity index (χ1) is 9.83. The Labute approximate surface area is 121 Å². The van der Waals surface area contributed by atoms with Gasteiger partial charge in [0, 0.05) is 12.5 Å². The van der Waals surface area contributed by atoms with E-state index in [1.807, 2.05) is 0 Å². The molecule has 2 unspecified atom stereocenters. The van der Waals surface area contributed by atoms with Gasteiger partial charge in [-0.25, -0.2) is 0 Å². The lowest BCUT2D eigenvalue weighted by Crippen LogP contribution is -2.53. The minimum absolute atomic E-state index is 0.0134. The molecule has 114 valence electrons. The number of aliphatic carboxylic acids is 1. The van der Waals surface area contributed by atoms with E-state index in [0.717, 1.165) is 0 Å². The molecular weight excluding hydrogens is 276 g/mol. The van der Waals surface area contributed by atoms with Gasteiger partial charge in [0.1, 0.15) is 17.4 Å². The molecule has 1 aromatic rings. The maximum atomic E-state index is 11.2. The Bertz CT molecular complexity index is 574. The van der Waals surface area contributed by atoms with E-state index < -0.39 is 16.4 Å². The Hall–Kier alpha value is -2.15. The second kappa shape index (κ2) is 5.69. The van der Waals surface area contributed by atoms with Crippen LogP contribution in [-0.4, -0.2) is 27.6 Å². The van der Waals surface area contributed by atoms with Crippen LogP contribution in [0.1, 0.15) is 31.2 Å². The molecule has 0 amide bonds. The van der Waals surface area contributed by atoms with E-state index in [9.17, 15) is 20.0 Å². The molecular formula is C14H18N2O5. The third-order valence-corrected chi connectivity index (χ3v) is 3.91. The molecule has 1 aromatic carbocycles. The standard InChI is InChI=1S/C14H18N2O5/c1-9-11(16(19)20)5-2-6-12(9)21-10-4-3-7-14(15,8-10)13(17)18/h2,5-6,10H,3-4,7-8,15H2,1H3,(H,17,18). The van der Waals surface area contributed by atoms with Crippen molar-refractivity contribution in [2.75, 3.05) is 0 Å². The van der Waals surface area contributed by atoms with E-state index >= 15 is 0 Å². The number of nitro benzene ring substituents is 1. The number of carboxylic acids is 1. The highest BCUT2D eigenvalue weighted by Gasteiger charge is 2.40. The Morgan fingerprint density at radius 3 is 2.90 bits per heavy atom. The van der Waals surface area contributed by atoms with Crippen LogP contribution in [0.3, 0.4) is 0 Å². The number of carbonyl (C=O) groups is 1. The van der Waals surface area contributed by atoms with Gasteiger partial charge in [-0.05, 0) is 32.3 Å². The van der Waals surface area contributed by atoms with Crippen LogP contribution >= 0.6 is 0 Å². The van der Waals surface area contributed by atoms with E-state index in [0.29, 0.717) is 30.6 Å². The molecule has 0 spiro atoms. The van der Waals surface area contributed by atoms with E-state index in [4.69, 9.17) is 10.5 Å². The number of hydrogen-bond acceptors (Lipinski definition) is 5. The van der Waals surface area contributed by atoms with Crippen molar-refractivity contribution in [2.24, 2.45) is 5.73 Å². The lowest BCUT2D eigenvalue weighted by Gasteiger charge is -2.34. The van der Waals surface area contributed by atoms with Crippen molar-refractivity contribution in [3.8, 4) is 5.75 Å². The zero-order valence-corrected chi connectivity index (χ0v) is 11.7.